The van der Waals surface area contributed by atoms with E-state index in [0.717, 1.165) is 36.4 Å². The number of nitrogens with one attached hydrogen (secondary N) is 2. The van der Waals surface area contributed by atoms with Gasteiger partial charge < -0.3 is 15.5 Å². The maximum Gasteiger partial charge on any atom is 0.232 e. The van der Waals surface area contributed by atoms with Crippen LogP contribution in [0.15, 0.2) is 85.2 Å². The summed E-state index contributed by atoms with van der Waals surface area (Å²) in [6.45, 7) is 4.99. The molecule has 0 saturated heterocycles. The molecule has 5 rings (SSSR count). The predicted molar refractivity (Wildman–Crippen MR) is 145 cm³/mol. The third-order valence-corrected chi connectivity index (χ3v) is 6.28. The van der Waals surface area contributed by atoms with Crippen LogP contribution in [0.25, 0.3) is 16.7 Å². The Kier molecular flexibility index (Phi) is 6.71. The Morgan fingerprint density at radius 1 is 0.889 bits per heavy atom. The average molecular weight is 477 g/mol. The van der Waals surface area contributed by atoms with Crippen LogP contribution in [-0.4, -0.2) is 33.9 Å². The normalized spacial score (nSPS) is 13.2. The Labute approximate surface area is 211 Å². The summed E-state index contributed by atoms with van der Waals surface area (Å²) in [4.78, 5) is 27.0. The third-order valence-electron chi connectivity index (χ3n) is 6.28. The first kappa shape index (κ1) is 23.2. The van der Waals surface area contributed by atoms with E-state index in [2.05, 4.69) is 85.1 Å². The second-order valence-corrected chi connectivity index (χ2v) is 8.77. The third kappa shape index (κ3) is 5.25. The number of carbonyl (C=O) groups excluding carboxylic acids is 1. The van der Waals surface area contributed by atoms with Gasteiger partial charge in [0.1, 0.15) is 6.33 Å². The molecule has 1 aliphatic rings. The zero-order valence-electron chi connectivity index (χ0n) is 20.4. The first-order chi connectivity index (χ1) is 17.6. The summed E-state index contributed by atoms with van der Waals surface area (Å²) in [7, 11) is 0. The van der Waals surface area contributed by atoms with Gasteiger partial charge in [-0.15, -0.1) is 0 Å². The van der Waals surface area contributed by atoms with Crippen molar-refractivity contribution in [1.82, 2.24) is 15.0 Å². The SMILES string of the molecule is CC(=O)Nc1cccc(Nc2ncnc(N3CC=C(c4cccc(-c5ccccc5)c4)CC3)n2)c1C. The van der Waals surface area contributed by atoms with Gasteiger partial charge in [-0.25, -0.2) is 9.97 Å². The van der Waals surface area contributed by atoms with E-state index in [0.29, 0.717) is 11.9 Å². The second kappa shape index (κ2) is 10.4. The monoisotopic (exact) mass is 476 g/mol. The molecule has 0 atom stereocenters. The molecule has 2 N–H and O–H groups in total. The van der Waals surface area contributed by atoms with Gasteiger partial charge in [-0.1, -0.05) is 60.7 Å². The van der Waals surface area contributed by atoms with Crippen LogP contribution in [0.1, 0.15) is 24.5 Å². The maximum absolute atomic E-state index is 11.5. The Morgan fingerprint density at radius 3 is 2.42 bits per heavy atom. The molecule has 7 nitrogen and oxygen atoms in total. The number of rotatable bonds is 6. The number of nitrogens with zero attached hydrogens (tertiary/aromatic N) is 4. The van der Waals surface area contributed by atoms with Crippen molar-refractivity contribution in [3.63, 3.8) is 0 Å². The van der Waals surface area contributed by atoms with Gasteiger partial charge >= 0.3 is 0 Å². The minimum atomic E-state index is -0.109. The summed E-state index contributed by atoms with van der Waals surface area (Å²) >= 11 is 0. The van der Waals surface area contributed by atoms with Crippen LogP contribution in [0.4, 0.5) is 23.3 Å². The molecule has 0 unspecified atom stereocenters. The molecule has 0 fully saturated rings. The van der Waals surface area contributed by atoms with E-state index in [1.807, 2.05) is 31.2 Å². The molecule has 36 heavy (non-hydrogen) atoms. The Morgan fingerprint density at radius 2 is 1.64 bits per heavy atom. The molecule has 1 aliphatic heterocycles. The van der Waals surface area contributed by atoms with Crippen LogP contribution >= 0.6 is 0 Å². The van der Waals surface area contributed by atoms with E-state index in [1.54, 1.807) is 0 Å². The van der Waals surface area contributed by atoms with Crippen molar-refractivity contribution < 1.29 is 4.79 Å². The van der Waals surface area contributed by atoms with Gasteiger partial charge in [0.25, 0.3) is 0 Å². The molecule has 7 heteroatoms. The van der Waals surface area contributed by atoms with Crippen LogP contribution < -0.4 is 15.5 Å². The zero-order chi connectivity index (χ0) is 24.9. The van der Waals surface area contributed by atoms with E-state index in [9.17, 15) is 4.79 Å². The zero-order valence-corrected chi connectivity index (χ0v) is 20.4. The molecule has 180 valence electrons. The van der Waals surface area contributed by atoms with Gasteiger partial charge in [0.05, 0.1) is 0 Å². The van der Waals surface area contributed by atoms with E-state index >= 15 is 0 Å². The van der Waals surface area contributed by atoms with Gasteiger partial charge in [0.15, 0.2) is 0 Å². The highest BCUT2D eigenvalue weighted by molar-refractivity contribution is 5.90. The summed E-state index contributed by atoms with van der Waals surface area (Å²) in [5.74, 6) is 0.993. The topological polar surface area (TPSA) is 83.0 Å². The lowest BCUT2D eigenvalue weighted by Crippen LogP contribution is -2.30. The largest absolute Gasteiger partial charge is 0.337 e. The number of hydrogen-bond donors (Lipinski definition) is 2. The average Bonchev–Trinajstić information content (AvgIpc) is 2.92. The van der Waals surface area contributed by atoms with E-state index < -0.39 is 0 Å². The highest BCUT2D eigenvalue weighted by Crippen LogP contribution is 2.29. The van der Waals surface area contributed by atoms with Crippen molar-refractivity contribution in [3.8, 4) is 11.1 Å². The van der Waals surface area contributed by atoms with Crippen LogP contribution in [0.5, 0.6) is 0 Å². The predicted octanol–water partition coefficient (Wildman–Crippen LogP) is 5.84. The lowest BCUT2D eigenvalue weighted by Gasteiger charge is -2.27. The smallest absolute Gasteiger partial charge is 0.232 e. The van der Waals surface area contributed by atoms with Crippen molar-refractivity contribution >= 4 is 34.8 Å². The Bertz CT molecular complexity index is 1420. The van der Waals surface area contributed by atoms with Crippen LogP contribution in [0.3, 0.4) is 0 Å². The van der Waals surface area contributed by atoms with E-state index in [1.165, 1.54) is 35.5 Å². The van der Waals surface area contributed by atoms with Gasteiger partial charge in [0, 0.05) is 31.4 Å². The fourth-order valence-corrected chi connectivity index (χ4v) is 4.36. The molecule has 0 saturated carbocycles. The first-order valence-corrected chi connectivity index (χ1v) is 12.0. The second-order valence-electron chi connectivity index (χ2n) is 8.77. The van der Waals surface area contributed by atoms with Crippen molar-refractivity contribution in [3.05, 3.63) is 96.3 Å². The van der Waals surface area contributed by atoms with Gasteiger partial charge in [-0.3, -0.25) is 4.79 Å². The van der Waals surface area contributed by atoms with Gasteiger partial charge in [-0.05, 0) is 59.4 Å². The highest BCUT2D eigenvalue weighted by Gasteiger charge is 2.17. The summed E-state index contributed by atoms with van der Waals surface area (Å²) < 4.78 is 0. The summed E-state index contributed by atoms with van der Waals surface area (Å²) in [6, 6.07) is 24.9. The molecular formula is C29H28N6O. The summed E-state index contributed by atoms with van der Waals surface area (Å²) in [6.07, 6.45) is 4.69. The number of benzene rings is 3. The lowest BCUT2D eigenvalue weighted by atomic mass is 9.95. The van der Waals surface area contributed by atoms with Crippen molar-refractivity contribution in [1.29, 1.82) is 0 Å². The molecule has 0 bridgehead atoms. The fraction of sp³-hybridized carbons (Fsp3) is 0.172. The quantitative estimate of drug-likeness (QED) is 0.364. The fourth-order valence-electron chi connectivity index (χ4n) is 4.36. The standard InChI is InChI=1S/C29H28N6O/c1-20-26(32-21(2)36)12-7-13-27(20)33-28-30-19-31-29(34-28)35-16-14-23(15-17-35)25-11-6-10-24(18-25)22-8-4-3-5-9-22/h3-14,18-19H,15-17H2,1-2H3,(H,32,36)(H,30,31,33,34). The molecule has 4 aromatic rings. The summed E-state index contributed by atoms with van der Waals surface area (Å²) in [5.41, 5.74) is 7.54. The Hall–Kier alpha value is -4.52. The minimum absolute atomic E-state index is 0.109. The number of carbonyl (C=O) groups is 1. The van der Waals surface area contributed by atoms with Crippen molar-refractivity contribution in [2.75, 3.05) is 28.6 Å². The Balaban J connectivity index is 1.30. The van der Waals surface area contributed by atoms with E-state index in [-0.39, 0.29) is 5.91 Å². The molecule has 1 aromatic heterocycles. The molecule has 0 spiro atoms. The molecule has 2 heterocycles. The molecule has 1 amide bonds. The number of anilines is 4. The van der Waals surface area contributed by atoms with Crippen molar-refractivity contribution in [2.24, 2.45) is 0 Å². The maximum atomic E-state index is 11.5. The molecular weight excluding hydrogens is 448 g/mol. The summed E-state index contributed by atoms with van der Waals surface area (Å²) in [5, 5.41) is 6.11. The van der Waals surface area contributed by atoms with Crippen LogP contribution in [0.2, 0.25) is 0 Å². The van der Waals surface area contributed by atoms with Crippen molar-refractivity contribution in [2.45, 2.75) is 20.3 Å². The minimum Gasteiger partial charge on any atom is -0.337 e. The number of amides is 1. The molecule has 0 radical (unpaired) electrons. The van der Waals surface area contributed by atoms with Crippen LogP contribution in [-0.2, 0) is 4.79 Å². The molecule has 3 aromatic carbocycles. The lowest BCUT2D eigenvalue weighted by molar-refractivity contribution is -0.114. The highest BCUT2D eigenvalue weighted by atomic mass is 16.1. The van der Waals surface area contributed by atoms with Gasteiger partial charge in [0.2, 0.25) is 17.8 Å². The first-order valence-electron chi connectivity index (χ1n) is 12.0. The van der Waals surface area contributed by atoms with Gasteiger partial charge in [-0.2, -0.15) is 4.98 Å². The van der Waals surface area contributed by atoms with Crippen LogP contribution in [0, 0.1) is 6.92 Å². The number of hydrogen-bond acceptors (Lipinski definition) is 6. The van der Waals surface area contributed by atoms with E-state index in [4.69, 9.17) is 0 Å². The number of aromatic nitrogens is 3. The molecule has 0 aliphatic carbocycles.